The monoisotopic (exact) mass is 518 g/mol. The average molecular weight is 519 g/mol. The standard InChI is InChI=1S/C28H26N2O8/c1-34-16-10-11-19(20(14-16)35-2)29-23(15-12-21(36-3)25(38-5)22(13-15)37-4)24(28(29)33)30-26(31)17-8-6-7-9-18(17)27(30)32/h6-14,23-24H,1-5H3/t23-,24-/m0/s1. The Labute approximate surface area is 219 Å². The van der Waals surface area contributed by atoms with Crippen molar-refractivity contribution in [2.75, 3.05) is 40.4 Å². The maximum absolute atomic E-state index is 13.8. The van der Waals surface area contributed by atoms with Gasteiger partial charge in [-0.3, -0.25) is 24.2 Å². The Balaban J connectivity index is 1.67. The Kier molecular flexibility index (Phi) is 6.31. The number of ether oxygens (including phenoxy) is 5. The normalized spacial score (nSPS) is 18.2. The molecule has 3 aromatic rings. The van der Waals surface area contributed by atoms with Crippen LogP contribution < -0.4 is 28.6 Å². The fourth-order valence-electron chi connectivity index (χ4n) is 5.04. The second-order valence-corrected chi connectivity index (χ2v) is 8.62. The van der Waals surface area contributed by atoms with Crippen LogP contribution in [0.5, 0.6) is 28.7 Å². The second-order valence-electron chi connectivity index (χ2n) is 8.62. The molecule has 0 bridgehead atoms. The van der Waals surface area contributed by atoms with E-state index >= 15 is 0 Å². The lowest BCUT2D eigenvalue weighted by Gasteiger charge is -2.50. The Morgan fingerprint density at radius 2 is 1.18 bits per heavy atom. The predicted octanol–water partition coefficient (Wildman–Crippen LogP) is 3.48. The van der Waals surface area contributed by atoms with Crippen LogP contribution in [-0.2, 0) is 4.79 Å². The molecular weight excluding hydrogens is 492 g/mol. The van der Waals surface area contributed by atoms with Gasteiger partial charge in [0.25, 0.3) is 17.7 Å². The molecule has 3 aromatic carbocycles. The lowest BCUT2D eigenvalue weighted by Crippen LogP contribution is -2.67. The van der Waals surface area contributed by atoms with Gasteiger partial charge in [-0.2, -0.15) is 0 Å². The van der Waals surface area contributed by atoms with Crippen molar-refractivity contribution in [3.63, 3.8) is 0 Å². The van der Waals surface area contributed by atoms with Crippen LogP contribution in [-0.4, -0.2) is 64.2 Å². The molecule has 0 N–H and O–H groups in total. The fourth-order valence-corrected chi connectivity index (χ4v) is 5.04. The van der Waals surface area contributed by atoms with Crippen molar-refractivity contribution in [3.05, 3.63) is 71.3 Å². The van der Waals surface area contributed by atoms with E-state index in [-0.39, 0.29) is 11.1 Å². The summed E-state index contributed by atoms with van der Waals surface area (Å²) in [5.74, 6) is 0.533. The number of imide groups is 1. The molecule has 0 radical (unpaired) electrons. The zero-order valence-electron chi connectivity index (χ0n) is 21.5. The van der Waals surface area contributed by atoms with Gasteiger partial charge in [0.1, 0.15) is 17.5 Å². The Bertz CT molecular complexity index is 1390. The summed E-state index contributed by atoms with van der Waals surface area (Å²) in [4.78, 5) is 43.1. The van der Waals surface area contributed by atoms with Crippen LogP contribution >= 0.6 is 0 Å². The van der Waals surface area contributed by atoms with Gasteiger partial charge in [0.05, 0.1) is 58.4 Å². The van der Waals surface area contributed by atoms with Crippen molar-refractivity contribution >= 4 is 23.4 Å². The number of carbonyl (C=O) groups is 3. The number of hydrogen-bond acceptors (Lipinski definition) is 8. The molecule has 3 amide bonds. The van der Waals surface area contributed by atoms with Gasteiger partial charge >= 0.3 is 0 Å². The molecule has 38 heavy (non-hydrogen) atoms. The van der Waals surface area contributed by atoms with Crippen LogP contribution in [0.3, 0.4) is 0 Å². The van der Waals surface area contributed by atoms with E-state index in [9.17, 15) is 14.4 Å². The second kappa shape index (κ2) is 9.62. The molecule has 10 heteroatoms. The van der Waals surface area contributed by atoms with Gasteiger partial charge in [-0.05, 0) is 42.0 Å². The van der Waals surface area contributed by atoms with E-state index in [2.05, 4.69) is 0 Å². The number of amides is 3. The molecule has 5 rings (SSSR count). The fraction of sp³-hybridized carbons (Fsp3) is 0.250. The molecular formula is C28H26N2O8. The molecule has 0 aromatic heterocycles. The van der Waals surface area contributed by atoms with E-state index in [4.69, 9.17) is 23.7 Å². The highest BCUT2D eigenvalue weighted by Crippen LogP contribution is 2.50. The smallest absolute Gasteiger partial charge is 0.262 e. The van der Waals surface area contributed by atoms with Crippen molar-refractivity contribution < 1.29 is 38.1 Å². The number of methoxy groups -OCH3 is 5. The number of hydrogen-bond donors (Lipinski definition) is 0. The molecule has 0 spiro atoms. The number of anilines is 1. The van der Waals surface area contributed by atoms with Gasteiger partial charge in [0.2, 0.25) is 5.75 Å². The quantitative estimate of drug-likeness (QED) is 0.330. The highest BCUT2D eigenvalue weighted by Gasteiger charge is 2.58. The molecule has 10 nitrogen and oxygen atoms in total. The molecule has 2 aliphatic rings. The summed E-state index contributed by atoms with van der Waals surface area (Å²) in [7, 11) is 7.47. The highest BCUT2D eigenvalue weighted by atomic mass is 16.5. The van der Waals surface area contributed by atoms with Crippen LogP contribution in [0.2, 0.25) is 0 Å². The summed E-state index contributed by atoms with van der Waals surface area (Å²) in [6.07, 6.45) is 0. The van der Waals surface area contributed by atoms with Gasteiger partial charge in [0.15, 0.2) is 11.5 Å². The first-order valence-corrected chi connectivity index (χ1v) is 11.7. The van der Waals surface area contributed by atoms with E-state index in [0.29, 0.717) is 40.0 Å². The molecule has 2 aliphatic heterocycles. The van der Waals surface area contributed by atoms with Gasteiger partial charge in [-0.1, -0.05) is 12.1 Å². The van der Waals surface area contributed by atoms with E-state index in [1.165, 1.54) is 40.4 Å². The molecule has 196 valence electrons. The molecule has 0 unspecified atom stereocenters. The summed E-state index contributed by atoms with van der Waals surface area (Å²) in [5.41, 5.74) is 1.53. The van der Waals surface area contributed by atoms with Gasteiger partial charge < -0.3 is 23.7 Å². The summed E-state index contributed by atoms with van der Waals surface area (Å²) in [5, 5.41) is 0. The van der Waals surface area contributed by atoms with Gasteiger partial charge in [-0.15, -0.1) is 0 Å². The summed E-state index contributed by atoms with van der Waals surface area (Å²) in [6.45, 7) is 0. The minimum Gasteiger partial charge on any atom is -0.497 e. The predicted molar refractivity (Wildman–Crippen MR) is 137 cm³/mol. The van der Waals surface area contributed by atoms with Crippen molar-refractivity contribution in [2.45, 2.75) is 12.1 Å². The van der Waals surface area contributed by atoms with E-state index in [1.807, 2.05) is 0 Å². The molecule has 1 fully saturated rings. The van der Waals surface area contributed by atoms with Crippen molar-refractivity contribution in [2.24, 2.45) is 0 Å². The SMILES string of the molecule is COc1ccc(N2C(=O)[C@@H](N3C(=O)c4ccccc4C3=O)[C@@H]2c2cc(OC)c(OC)c(OC)c2)c(OC)c1. The number of nitrogens with zero attached hydrogens (tertiary/aromatic N) is 2. The first-order valence-electron chi connectivity index (χ1n) is 11.7. The molecule has 2 atom stereocenters. The topological polar surface area (TPSA) is 104 Å². The van der Waals surface area contributed by atoms with Crippen LogP contribution in [0.25, 0.3) is 0 Å². The highest BCUT2D eigenvalue weighted by molar-refractivity contribution is 6.24. The van der Waals surface area contributed by atoms with Crippen molar-refractivity contribution in [3.8, 4) is 28.7 Å². The third kappa shape index (κ3) is 3.60. The van der Waals surface area contributed by atoms with Crippen LogP contribution in [0.4, 0.5) is 5.69 Å². The molecule has 2 heterocycles. The van der Waals surface area contributed by atoms with Crippen molar-refractivity contribution in [1.82, 2.24) is 4.90 Å². The molecule has 0 aliphatic carbocycles. The number of β-lactam (4-membered cyclic amide) rings is 1. The zero-order chi connectivity index (χ0) is 27.1. The van der Waals surface area contributed by atoms with E-state index < -0.39 is 29.8 Å². The lowest BCUT2D eigenvalue weighted by molar-refractivity contribution is -0.130. The Hall–Kier alpha value is -4.73. The minimum absolute atomic E-state index is 0.259. The number of rotatable bonds is 8. The summed E-state index contributed by atoms with van der Waals surface area (Å²) in [6, 6.07) is 13.1. The van der Waals surface area contributed by atoms with E-state index in [0.717, 1.165) is 4.90 Å². The number of benzene rings is 3. The van der Waals surface area contributed by atoms with Crippen LogP contribution in [0.1, 0.15) is 32.3 Å². The Morgan fingerprint density at radius 3 is 1.68 bits per heavy atom. The average Bonchev–Trinajstić information content (AvgIpc) is 3.20. The first kappa shape index (κ1) is 24.9. The maximum atomic E-state index is 13.8. The number of carbonyl (C=O) groups excluding carboxylic acids is 3. The van der Waals surface area contributed by atoms with Gasteiger partial charge in [-0.25, -0.2) is 0 Å². The molecule has 1 saturated heterocycles. The minimum atomic E-state index is -1.11. The summed E-state index contributed by atoms with van der Waals surface area (Å²) >= 11 is 0. The number of fused-ring (bicyclic) bond motifs is 1. The third-order valence-corrected chi connectivity index (χ3v) is 6.85. The zero-order valence-corrected chi connectivity index (χ0v) is 21.5. The lowest BCUT2D eigenvalue weighted by atomic mass is 9.85. The largest absolute Gasteiger partial charge is 0.497 e. The van der Waals surface area contributed by atoms with Gasteiger partial charge in [0, 0.05) is 6.07 Å². The van der Waals surface area contributed by atoms with Crippen LogP contribution in [0.15, 0.2) is 54.6 Å². The summed E-state index contributed by atoms with van der Waals surface area (Å²) < 4.78 is 27.4. The van der Waals surface area contributed by atoms with Crippen molar-refractivity contribution in [1.29, 1.82) is 0 Å². The Morgan fingerprint density at radius 1 is 0.605 bits per heavy atom. The van der Waals surface area contributed by atoms with E-state index in [1.54, 1.807) is 54.6 Å². The van der Waals surface area contributed by atoms with Crippen LogP contribution in [0, 0.1) is 0 Å². The maximum Gasteiger partial charge on any atom is 0.262 e. The first-order chi connectivity index (χ1) is 18.4. The molecule has 0 saturated carbocycles. The third-order valence-electron chi connectivity index (χ3n) is 6.85.